The van der Waals surface area contributed by atoms with Gasteiger partial charge in [-0.25, -0.2) is 9.78 Å². The average molecular weight is 301 g/mol. The Balaban J connectivity index is 1.58. The lowest BCUT2D eigenvalue weighted by Gasteiger charge is -2.04. The third kappa shape index (κ3) is 2.95. The molecule has 0 aliphatic rings. The van der Waals surface area contributed by atoms with Crippen LogP contribution in [0.15, 0.2) is 39.6 Å². The van der Waals surface area contributed by atoms with Crippen LogP contribution in [0.5, 0.6) is 0 Å². The van der Waals surface area contributed by atoms with Gasteiger partial charge >= 0.3 is 5.97 Å². The van der Waals surface area contributed by atoms with E-state index in [0.29, 0.717) is 16.9 Å². The Hall–Kier alpha value is -3.16. The van der Waals surface area contributed by atoms with E-state index in [4.69, 9.17) is 13.7 Å². The number of amides is 1. The number of nitrogens with one attached hydrogen (secondary N) is 1. The smallest absolute Gasteiger partial charge is 0.338 e. The quantitative estimate of drug-likeness (QED) is 0.733. The number of anilines is 1. The average Bonchev–Trinajstić information content (AvgIpc) is 3.12. The summed E-state index contributed by atoms with van der Waals surface area (Å²) in [5, 5.41) is 6.05. The summed E-state index contributed by atoms with van der Waals surface area (Å²) in [6, 6.07) is 6.23. The molecular weight excluding hydrogens is 290 g/mol. The number of carbonyl (C=O) groups is 2. The normalized spacial score (nSPS) is 10.6. The number of esters is 1. The Labute approximate surface area is 124 Å². The van der Waals surface area contributed by atoms with Crippen LogP contribution in [0.3, 0.4) is 0 Å². The maximum absolute atomic E-state index is 11.9. The predicted molar refractivity (Wildman–Crippen MR) is 74.2 cm³/mol. The zero-order chi connectivity index (χ0) is 15.5. The molecule has 0 spiro atoms. The van der Waals surface area contributed by atoms with Gasteiger partial charge in [-0.2, -0.15) is 0 Å². The summed E-state index contributed by atoms with van der Waals surface area (Å²) in [4.78, 5) is 27.5. The van der Waals surface area contributed by atoms with Crippen molar-refractivity contribution < 1.29 is 23.3 Å². The third-order valence-corrected chi connectivity index (χ3v) is 2.80. The fourth-order valence-corrected chi connectivity index (χ4v) is 1.80. The lowest BCUT2D eigenvalue weighted by Crippen LogP contribution is -2.21. The van der Waals surface area contributed by atoms with Gasteiger partial charge in [0.05, 0.1) is 5.56 Å². The van der Waals surface area contributed by atoms with E-state index in [1.165, 1.54) is 18.5 Å². The lowest BCUT2D eigenvalue weighted by molar-refractivity contribution is -0.119. The zero-order valence-electron chi connectivity index (χ0n) is 11.5. The van der Waals surface area contributed by atoms with E-state index in [-0.39, 0.29) is 11.4 Å². The first kappa shape index (κ1) is 13.8. The number of aryl methyl sites for hydroxylation is 1. The number of fused-ring (bicyclic) bond motifs is 1. The van der Waals surface area contributed by atoms with E-state index in [1.807, 2.05) is 0 Å². The van der Waals surface area contributed by atoms with Crippen LogP contribution in [-0.4, -0.2) is 28.6 Å². The summed E-state index contributed by atoms with van der Waals surface area (Å²) in [6.07, 6.45) is 1.28. The first-order valence-electron chi connectivity index (χ1n) is 6.35. The minimum Gasteiger partial charge on any atom is -0.452 e. The van der Waals surface area contributed by atoms with Crippen molar-refractivity contribution in [1.82, 2.24) is 10.1 Å². The summed E-state index contributed by atoms with van der Waals surface area (Å²) in [6.45, 7) is 1.27. The Bertz CT molecular complexity index is 836. The van der Waals surface area contributed by atoms with Crippen LogP contribution in [0, 0.1) is 6.92 Å². The number of aromatic nitrogens is 2. The molecule has 0 fully saturated rings. The number of nitrogens with zero attached hydrogens (tertiary/aromatic N) is 2. The van der Waals surface area contributed by atoms with Crippen LogP contribution in [0.2, 0.25) is 0 Å². The molecule has 0 aliphatic carbocycles. The van der Waals surface area contributed by atoms with Crippen LogP contribution in [-0.2, 0) is 9.53 Å². The summed E-state index contributed by atoms with van der Waals surface area (Å²) < 4.78 is 14.8. The van der Waals surface area contributed by atoms with Crippen molar-refractivity contribution in [3.05, 3.63) is 42.0 Å². The van der Waals surface area contributed by atoms with Gasteiger partial charge in [0.15, 0.2) is 24.4 Å². The predicted octanol–water partition coefficient (Wildman–Crippen LogP) is 1.92. The van der Waals surface area contributed by atoms with Crippen molar-refractivity contribution in [2.75, 3.05) is 11.9 Å². The van der Waals surface area contributed by atoms with E-state index in [9.17, 15) is 9.59 Å². The zero-order valence-corrected chi connectivity index (χ0v) is 11.5. The van der Waals surface area contributed by atoms with E-state index in [1.54, 1.807) is 19.1 Å². The van der Waals surface area contributed by atoms with Crippen LogP contribution < -0.4 is 5.32 Å². The number of ether oxygens (including phenoxy) is 1. The summed E-state index contributed by atoms with van der Waals surface area (Å²) in [7, 11) is 0. The van der Waals surface area contributed by atoms with Gasteiger partial charge < -0.3 is 19.0 Å². The standard InChI is InChI=1S/C14H11N3O5/c1-8-4-12(17-22-8)16-13(18)6-20-14(19)9-2-3-11-10(5-9)15-7-21-11/h2-5,7H,6H2,1H3,(H,16,17,18). The molecule has 0 saturated carbocycles. The van der Waals surface area contributed by atoms with Crippen molar-refractivity contribution in [3.8, 4) is 0 Å². The third-order valence-electron chi connectivity index (χ3n) is 2.80. The molecule has 1 N–H and O–H groups in total. The van der Waals surface area contributed by atoms with Gasteiger partial charge in [-0.15, -0.1) is 0 Å². The highest BCUT2D eigenvalue weighted by Gasteiger charge is 2.13. The molecule has 0 atom stereocenters. The number of benzene rings is 1. The maximum Gasteiger partial charge on any atom is 0.338 e. The molecule has 22 heavy (non-hydrogen) atoms. The van der Waals surface area contributed by atoms with E-state index < -0.39 is 18.5 Å². The minimum absolute atomic E-state index is 0.266. The molecule has 112 valence electrons. The van der Waals surface area contributed by atoms with Gasteiger partial charge in [-0.1, -0.05) is 5.16 Å². The first-order chi connectivity index (χ1) is 10.6. The molecule has 8 nitrogen and oxygen atoms in total. The molecule has 0 saturated heterocycles. The SMILES string of the molecule is Cc1cc(NC(=O)COC(=O)c2ccc3ocnc3c2)no1. The van der Waals surface area contributed by atoms with Crippen LogP contribution in [0.4, 0.5) is 5.82 Å². The monoisotopic (exact) mass is 301 g/mol. The highest BCUT2D eigenvalue weighted by Crippen LogP contribution is 2.15. The van der Waals surface area contributed by atoms with Crippen molar-refractivity contribution in [2.45, 2.75) is 6.92 Å². The molecule has 2 aromatic heterocycles. The summed E-state index contributed by atoms with van der Waals surface area (Å²) >= 11 is 0. The minimum atomic E-state index is -0.628. The maximum atomic E-state index is 11.9. The van der Waals surface area contributed by atoms with Gasteiger partial charge in [0.1, 0.15) is 11.3 Å². The molecule has 2 heterocycles. The second kappa shape index (κ2) is 5.68. The fraction of sp³-hybridized carbons (Fsp3) is 0.143. The van der Waals surface area contributed by atoms with Crippen LogP contribution in [0.25, 0.3) is 11.1 Å². The Morgan fingerprint density at radius 3 is 2.95 bits per heavy atom. The largest absolute Gasteiger partial charge is 0.452 e. The topological polar surface area (TPSA) is 107 Å². The molecule has 1 amide bonds. The van der Waals surface area contributed by atoms with Crippen molar-refractivity contribution in [1.29, 1.82) is 0 Å². The van der Waals surface area contributed by atoms with Crippen molar-refractivity contribution in [3.63, 3.8) is 0 Å². The first-order valence-corrected chi connectivity index (χ1v) is 6.35. The molecule has 1 aromatic carbocycles. The second-order valence-corrected chi connectivity index (χ2v) is 4.48. The van der Waals surface area contributed by atoms with E-state index in [0.717, 1.165) is 0 Å². The molecule has 0 unspecified atom stereocenters. The van der Waals surface area contributed by atoms with Gasteiger partial charge in [-0.3, -0.25) is 4.79 Å². The number of hydrogen-bond donors (Lipinski definition) is 1. The molecule has 0 aliphatic heterocycles. The Kier molecular flexibility index (Phi) is 3.57. The number of hydrogen-bond acceptors (Lipinski definition) is 7. The summed E-state index contributed by atoms with van der Waals surface area (Å²) in [5.41, 5.74) is 1.39. The molecule has 0 bridgehead atoms. The second-order valence-electron chi connectivity index (χ2n) is 4.48. The van der Waals surface area contributed by atoms with E-state index >= 15 is 0 Å². The van der Waals surface area contributed by atoms with Gasteiger partial charge in [-0.05, 0) is 25.1 Å². The Morgan fingerprint density at radius 2 is 2.18 bits per heavy atom. The number of oxazole rings is 1. The number of carbonyl (C=O) groups excluding carboxylic acids is 2. The molecule has 0 radical (unpaired) electrons. The van der Waals surface area contributed by atoms with Crippen LogP contribution in [0.1, 0.15) is 16.1 Å². The fourth-order valence-electron chi connectivity index (χ4n) is 1.80. The van der Waals surface area contributed by atoms with E-state index in [2.05, 4.69) is 15.5 Å². The molecular formula is C14H11N3O5. The molecule has 8 heteroatoms. The lowest BCUT2D eigenvalue weighted by atomic mass is 10.2. The van der Waals surface area contributed by atoms with Gasteiger partial charge in [0.25, 0.3) is 5.91 Å². The van der Waals surface area contributed by atoms with Gasteiger partial charge in [0.2, 0.25) is 0 Å². The van der Waals surface area contributed by atoms with Crippen LogP contribution >= 0.6 is 0 Å². The molecule has 3 aromatic rings. The number of rotatable bonds is 4. The summed E-state index contributed by atoms with van der Waals surface area (Å²) in [5.74, 6) is -0.309. The molecule has 3 rings (SSSR count). The van der Waals surface area contributed by atoms with Gasteiger partial charge in [0, 0.05) is 6.07 Å². The Morgan fingerprint density at radius 1 is 1.32 bits per heavy atom. The van der Waals surface area contributed by atoms with Crippen molar-refractivity contribution in [2.24, 2.45) is 0 Å². The van der Waals surface area contributed by atoms with Crippen molar-refractivity contribution >= 4 is 28.8 Å². The highest BCUT2D eigenvalue weighted by atomic mass is 16.5. The highest BCUT2D eigenvalue weighted by molar-refractivity contribution is 5.96.